The third-order valence-corrected chi connectivity index (χ3v) is 3.94. The molecule has 1 aliphatic heterocycles. The summed E-state index contributed by atoms with van der Waals surface area (Å²) in [5.41, 5.74) is 2.36. The normalized spacial score (nSPS) is 22.2. The predicted molar refractivity (Wildman–Crippen MR) is 83.3 cm³/mol. The van der Waals surface area contributed by atoms with Crippen molar-refractivity contribution in [3.8, 4) is 5.75 Å². The van der Waals surface area contributed by atoms with Crippen molar-refractivity contribution in [2.24, 2.45) is 0 Å². The molecular weight excluding hydrogens is 262 g/mol. The van der Waals surface area contributed by atoms with Gasteiger partial charge in [-0.1, -0.05) is 48.5 Å². The average Bonchev–Trinajstić information content (AvgIpc) is 2.55. The Bertz CT molecular complexity index is 585. The fraction of sp³-hybridized carbons (Fsp3) is 0.333. The van der Waals surface area contributed by atoms with E-state index in [1.54, 1.807) is 0 Å². The Morgan fingerprint density at radius 2 is 1.86 bits per heavy atom. The summed E-state index contributed by atoms with van der Waals surface area (Å²) in [6.45, 7) is 2.13. The van der Waals surface area contributed by atoms with Gasteiger partial charge in [-0.3, -0.25) is 0 Å². The monoisotopic (exact) mass is 283 g/mol. The topological polar surface area (TPSA) is 41.5 Å². The quantitative estimate of drug-likeness (QED) is 0.905. The number of aliphatic hydroxyl groups is 1. The van der Waals surface area contributed by atoms with Crippen molar-refractivity contribution in [1.29, 1.82) is 0 Å². The molecule has 0 bridgehead atoms. The van der Waals surface area contributed by atoms with Crippen LogP contribution in [0.25, 0.3) is 0 Å². The number of benzene rings is 2. The molecule has 0 spiro atoms. The van der Waals surface area contributed by atoms with Crippen LogP contribution >= 0.6 is 0 Å². The lowest BCUT2D eigenvalue weighted by molar-refractivity contribution is 0.141. The molecule has 0 unspecified atom stereocenters. The highest BCUT2D eigenvalue weighted by molar-refractivity contribution is 5.39. The largest absolute Gasteiger partial charge is 0.485 e. The summed E-state index contributed by atoms with van der Waals surface area (Å²) >= 11 is 0. The summed E-state index contributed by atoms with van der Waals surface area (Å²) in [6.07, 6.45) is 0.912. The van der Waals surface area contributed by atoms with Gasteiger partial charge >= 0.3 is 0 Å². The molecule has 110 valence electrons. The molecule has 0 radical (unpaired) electrons. The van der Waals surface area contributed by atoms with E-state index in [1.165, 1.54) is 11.1 Å². The molecule has 3 rings (SSSR count). The number of para-hydroxylation sites is 1. The maximum absolute atomic E-state index is 9.30. The van der Waals surface area contributed by atoms with Crippen molar-refractivity contribution in [3.05, 3.63) is 65.7 Å². The number of fused-ring (bicyclic) bond motifs is 1. The molecule has 1 aliphatic rings. The Kier molecular flexibility index (Phi) is 4.23. The molecule has 3 nitrogen and oxygen atoms in total. The van der Waals surface area contributed by atoms with Gasteiger partial charge in [0, 0.05) is 24.1 Å². The van der Waals surface area contributed by atoms with Gasteiger partial charge in [-0.15, -0.1) is 0 Å². The van der Waals surface area contributed by atoms with E-state index in [1.807, 2.05) is 43.3 Å². The third-order valence-electron chi connectivity index (χ3n) is 3.94. The van der Waals surface area contributed by atoms with E-state index < -0.39 is 0 Å². The zero-order chi connectivity index (χ0) is 14.7. The van der Waals surface area contributed by atoms with Crippen LogP contribution in [-0.4, -0.2) is 17.8 Å². The first-order valence-electron chi connectivity index (χ1n) is 7.45. The molecular formula is C18H21NO2. The minimum absolute atomic E-state index is 0.0458. The smallest absolute Gasteiger partial charge is 0.126 e. The van der Waals surface area contributed by atoms with Crippen LogP contribution in [0, 0.1) is 0 Å². The van der Waals surface area contributed by atoms with E-state index in [9.17, 15) is 5.11 Å². The second-order valence-corrected chi connectivity index (χ2v) is 5.59. The molecule has 2 aromatic rings. The van der Waals surface area contributed by atoms with Gasteiger partial charge in [0.1, 0.15) is 11.9 Å². The van der Waals surface area contributed by atoms with Crippen LogP contribution in [0.2, 0.25) is 0 Å². The van der Waals surface area contributed by atoms with Crippen LogP contribution in [0.15, 0.2) is 54.6 Å². The highest BCUT2D eigenvalue weighted by Gasteiger charge is 2.29. The maximum Gasteiger partial charge on any atom is 0.126 e. The molecule has 0 saturated heterocycles. The fourth-order valence-electron chi connectivity index (χ4n) is 2.84. The van der Waals surface area contributed by atoms with Gasteiger partial charge < -0.3 is 15.2 Å². The van der Waals surface area contributed by atoms with Crippen LogP contribution in [0.5, 0.6) is 5.75 Å². The molecule has 0 fully saturated rings. The van der Waals surface area contributed by atoms with E-state index in [0.29, 0.717) is 0 Å². The van der Waals surface area contributed by atoms with Gasteiger partial charge in [0.2, 0.25) is 0 Å². The molecule has 0 aliphatic carbocycles. The maximum atomic E-state index is 9.30. The van der Waals surface area contributed by atoms with Gasteiger partial charge in [-0.2, -0.15) is 0 Å². The molecule has 0 aromatic heterocycles. The van der Waals surface area contributed by atoms with Crippen molar-refractivity contribution >= 4 is 0 Å². The standard InChI is InChI=1S/C18H21NO2/c1-13(12-20)19-16-11-18(14-7-3-2-4-8-14)21-17-10-6-5-9-15(16)17/h2-10,13,16,18-20H,11-12H2,1H3/t13-,16-,18+/m1/s1. The van der Waals surface area contributed by atoms with Crippen molar-refractivity contribution in [2.45, 2.75) is 31.5 Å². The highest BCUT2D eigenvalue weighted by atomic mass is 16.5. The second kappa shape index (κ2) is 6.29. The average molecular weight is 283 g/mol. The van der Waals surface area contributed by atoms with Crippen LogP contribution < -0.4 is 10.1 Å². The van der Waals surface area contributed by atoms with E-state index in [-0.39, 0.29) is 24.8 Å². The van der Waals surface area contributed by atoms with Gasteiger partial charge in [0.25, 0.3) is 0 Å². The Labute approximate surface area is 125 Å². The molecule has 21 heavy (non-hydrogen) atoms. The first kappa shape index (κ1) is 14.1. The number of nitrogens with one attached hydrogen (secondary N) is 1. The SMILES string of the molecule is C[C@H](CO)N[C@@H]1C[C@@H](c2ccccc2)Oc2ccccc21. The van der Waals surface area contributed by atoms with E-state index in [4.69, 9.17) is 4.74 Å². The van der Waals surface area contributed by atoms with E-state index >= 15 is 0 Å². The van der Waals surface area contributed by atoms with Gasteiger partial charge in [0.15, 0.2) is 0 Å². The molecule has 2 N–H and O–H groups in total. The zero-order valence-corrected chi connectivity index (χ0v) is 12.2. The summed E-state index contributed by atoms with van der Waals surface area (Å²) < 4.78 is 6.16. The summed E-state index contributed by atoms with van der Waals surface area (Å²) in [7, 11) is 0. The molecule has 0 amide bonds. The molecule has 1 heterocycles. The Morgan fingerprint density at radius 1 is 1.14 bits per heavy atom. The summed E-state index contributed by atoms with van der Waals surface area (Å²) in [6, 6.07) is 18.7. The van der Waals surface area contributed by atoms with Crippen LogP contribution in [0.3, 0.4) is 0 Å². The third kappa shape index (κ3) is 3.09. The molecule has 3 atom stereocenters. The summed E-state index contributed by atoms with van der Waals surface area (Å²) in [5.74, 6) is 0.931. The predicted octanol–water partition coefficient (Wildman–Crippen LogP) is 3.22. The van der Waals surface area contributed by atoms with Crippen LogP contribution in [0.4, 0.5) is 0 Å². The van der Waals surface area contributed by atoms with Gasteiger partial charge in [-0.25, -0.2) is 0 Å². The van der Waals surface area contributed by atoms with Crippen molar-refractivity contribution in [1.82, 2.24) is 5.32 Å². The van der Waals surface area contributed by atoms with Crippen molar-refractivity contribution in [3.63, 3.8) is 0 Å². The number of ether oxygens (including phenoxy) is 1. The molecule has 0 saturated carbocycles. The van der Waals surface area contributed by atoms with E-state index in [0.717, 1.165) is 12.2 Å². The zero-order valence-electron chi connectivity index (χ0n) is 12.2. The Hall–Kier alpha value is -1.84. The highest BCUT2D eigenvalue weighted by Crippen LogP contribution is 2.40. The van der Waals surface area contributed by atoms with Crippen molar-refractivity contribution in [2.75, 3.05) is 6.61 Å². The lowest BCUT2D eigenvalue weighted by Gasteiger charge is -2.34. The first-order valence-corrected chi connectivity index (χ1v) is 7.45. The minimum atomic E-state index is 0.0458. The van der Waals surface area contributed by atoms with Gasteiger partial charge in [0.05, 0.1) is 6.61 Å². The number of hydrogen-bond donors (Lipinski definition) is 2. The minimum Gasteiger partial charge on any atom is -0.485 e. The van der Waals surface area contributed by atoms with E-state index in [2.05, 4.69) is 23.5 Å². The first-order chi connectivity index (χ1) is 10.3. The van der Waals surface area contributed by atoms with Crippen LogP contribution in [-0.2, 0) is 0 Å². The Balaban J connectivity index is 1.89. The second-order valence-electron chi connectivity index (χ2n) is 5.59. The van der Waals surface area contributed by atoms with Crippen LogP contribution in [0.1, 0.15) is 36.6 Å². The lowest BCUT2D eigenvalue weighted by Crippen LogP contribution is -2.36. The summed E-state index contributed by atoms with van der Waals surface area (Å²) in [5, 5.41) is 12.8. The molecule has 3 heteroatoms. The number of hydrogen-bond acceptors (Lipinski definition) is 3. The van der Waals surface area contributed by atoms with Gasteiger partial charge in [-0.05, 0) is 18.6 Å². The fourth-order valence-corrected chi connectivity index (χ4v) is 2.84. The van der Waals surface area contributed by atoms with Crippen molar-refractivity contribution < 1.29 is 9.84 Å². The Morgan fingerprint density at radius 3 is 2.62 bits per heavy atom. The lowest BCUT2D eigenvalue weighted by atomic mass is 9.92. The number of aliphatic hydroxyl groups excluding tert-OH is 1. The molecule has 2 aromatic carbocycles. The number of rotatable bonds is 4. The summed E-state index contributed by atoms with van der Waals surface area (Å²) in [4.78, 5) is 0.